The van der Waals surface area contributed by atoms with Crippen molar-refractivity contribution < 1.29 is 9.32 Å². The smallest absolute Gasteiger partial charge is 0.236 e. The number of hydrogen-bond acceptors (Lipinski definition) is 8. The van der Waals surface area contributed by atoms with Crippen LogP contribution in [-0.2, 0) is 4.79 Å². The number of rotatable bonds is 4. The number of nitrogens with two attached hydrogens (primary N) is 1. The van der Waals surface area contributed by atoms with Gasteiger partial charge in [-0.2, -0.15) is 4.98 Å². The van der Waals surface area contributed by atoms with Crippen LogP contribution < -0.4 is 11.1 Å². The Labute approximate surface area is 106 Å². The molecule has 0 radical (unpaired) electrons. The Bertz CT molecular complexity index is 557. The average molecular weight is 266 g/mol. The number of anilines is 2. The molecule has 8 nitrogen and oxygen atoms in total. The minimum Gasteiger partial charge on any atom is -0.368 e. The Morgan fingerprint density at radius 1 is 1.56 bits per heavy atom. The van der Waals surface area contributed by atoms with Crippen molar-refractivity contribution in [3.05, 3.63) is 18.2 Å². The molecule has 0 saturated carbocycles. The van der Waals surface area contributed by atoms with Gasteiger partial charge in [-0.1, -0.05) is 16.9 Å². The molecule has 0 saturated heterocycles. The lowest BCUT2D eigenvalue weighted by atomic mass is 10.5. The van der Waals surface area contributed by atoms with E-state index in [-0.39, 0.29) is 17.6 Å². The topological polar surface area (TPSA) is 120 Å². The van der Waals surface area contributed by atoms with Gasteiger partial charge >= 0.3 is 0 Å². The number of aromatic nitrogens is 4. The lowest BCUT2D eigenvalue weighted by Crippen LogP contribution is -2.14. The normalized spacial score (nSPS) is 10.3. The van der Waals surface area contributed by atoms with Gasteiger partial charge in [0.15, 0.2) is 11.0 Å². The summed E-state index contributed by atoms with van der Waals surface area (Å²) < 4.78 is 4.82. The monoisotopic (exact) mass is 266 g/mol. The number of nitrogen functional groups attached to an aromatic ring is 1. The van der Waals surface area contributed by atoms with Crippen molar-refractivity contribution in [2.24, 2.45) is 0 Å². The SMILES string of the molecule is Cc1cc(NC(=O)CSc2ncnc(N)n2)no1. The molecule has 18 heavy (non-hydrogen) atoms. The minimum absolute atomic E-state index is 0.125. The molecule has 1 amide bonds. The van der Waals surface area contributed by atoms with Crippen LogP contribution in [0.25, 0.3) is 0 Å². The number of aryl methyl sites for hydroxylation is 1. The van der Waals surface area contributed by atoms with Crippen LogP contribution in [0, 0.1) is 6.92 Å². The van der Waals surface area contributed by atoms with E-state index in [0.29, 0.717) is 16.7 Å². The molecule has 2 heterocycles. The van der Waals surface area contributed by atoms with Crippen LogP contribution in [-0.4, -0.2) is 31.8 Å². The second-order valence-electron chi connectivity index (χ2n) is 3.29. The molecule has 0 spiro atoms. The van der Waals surface area contributed by atoms with Crippen LogP contribution >= 0.6 is 11.8 Å². The first-order valence-corrected chi connectivity index (χ1v) is 5.92. The summed E-state index contributed by atoms with van der Waals surface area (Å²) in [6.45, 7) is 1.74. The molecule has 0 aliphatic rings. The number of amides is 1. The lowest BCUT2D eigenvalue weighted by molar-refractivity contribution is -0.113. The average Bonchev–Trinajstić information content (AvgIpc) is 2.72. The van der Waals surface area contributed by atoms with Gasteiger partial charge in [-0.05, 0) is 6.92 Å². The molecule has 2 aromatic rings. The van der Waals surface area contributed by atoms with E-state index >= 15 is 0 Å². The van der Waals surface area contributed by atoms with Crippen molar-refractivity contribution in [3.8, 4) is 0 Å². The first-order valence-electron chi connectivity index (χ1n) is 4.94. The van der Waals surface area contributed by atoms with Crippen molar-refractivity contribution in [1.82, 2.24) is 20.1 Å². The van der Waals surface area contributed by atoms with Gasteiger partial charge in [-0.3, -0.25) is 4.79 Å². The molecule has 0 atom stereocenters. The number of hydrogen-bond donors (Lipinski definition) is 2. The maximum atomic E-state index is 11.6. The number of carbonyl (C=O) groups excluding carboxylic acids is 1. The summed E-state index contributed by atoms with van der Waals surface area (Å²) in [7, 11) is 0. The van der Waals surface area contributed by atoms with E-state index in [1.165, 1.54) is 6.33 Å². The summed E-state index contributed by atoms with van der Waals surface area (Å²) >= 11 is 1.16. The van der Waals surface area contributed by atoms with Gasteiger partial charge < -0.3 is 15.6 Å². The van der Waals surface area contributed by atoms with Gasteiger partial charge in [-0.15, -0.1) is 0 Å². The summed E-state index contributed by atoms with van der Waals surface area (Å²) in [4.78, 5) is 23.0. The van der Waals surface area contributed by atoms with E-state index in [1.807, 2.05) is 0 Å². The molecular formula is C9H10N6O2S. The summed E-state index contributed by atoms with van der Waals surface area (Å²) in [5.74, 6) is 1.05. The molecule has 0 unspecified atom stereocenters. The van der Waals surface area contributed by atoms with Crippen LogP contribution in [0.1, 0.15) is 5.76 Å². The summed E-state index contributed by atoms with van der Waals surface area (Å²) in [5, 5.41) is 6.63. The van der Waals surface area contributed by atoms with Gasteiger partial charge in [-0.25, -0.2) is 9.97 Å². The van der Waals surface area contributed by atoms with Crippen molar-refractivity contribution in [1.29, 1.82) is 0 Å². The van der Waals surface area contributed by atoms with Gasteiger partial charge in [0.05, 0.1) is 5.75 Å². The van der Waals surface area contributed by atoms with E-state index in [4.69, 9.17) is 10.3 Å². The predicted molar refractivity (Wildman–Crippen MR) is 64.8 cm³/mol. The molecule has 0 aliphatic carbocycles. The Hall–Kier alpha value is -2.16. The zero-order valence-corrected chi connectivity index (χ0v) is 10.3. The molecule has 3 N–H and O–H groups in total. The standard InChI is InChI=1S/C9H10N6O2S/c1-5-2-6(15-17-5)13-7(16)3-18-9-12-4-11-8(10)14-9/h2,4H,3H2,1H3,(H,13,15,16)(H2,10,11,12,14). The Morgan fingerprint density at radius 2 is 2.39 bits per heavy atom. The van der Waals surface area contributed by atoms with Gasteiger partial charge in [0, 0.05) is 6.07 Å². The molecule has 2 aromatic heterocycles. The van der Waals surface area contributed by atoms with Crippen LogP contribution in [0.5, 0.6) is 0 Å². The number of nitrogens with zero attached hydrogens (tertiary/aromatic N) is 4. The summed E-state index contributed by atoms with van der Waals surface area (Å²) in [6.07, 6.45) is 1.30. The predicted octanol–water partition coefficient (Wildman–Crippen LogP) is 0.481. The van der Waals surface area contributed by atoms with E-state index in [0.717, 1.165) is 11.8 Å². The van der Waals surface area contributed by atoms with Crippen LogP contribution in [0.2, 0.25) is 0 Å². The second kappa shape index (κ2) is 5.45. The highest BCUT2D eigenvalue weighted by Crippen LogP contribution is 2.13. The number of carbonyl (C=O) groups is 1. The number of nitrogens with one attached hydrogen (secondary N) is 1. The fourth-order valence-corrected chi connectivity index (χ4v) is 1.71. The highest BCUT2D eigenvalue weighted by molar-refractivity contribution is 7.99. The third-order valence-corrected chi connectivity index (χ3v) is 2.66. The van der Waals surface area contributed by atoms with Crippen molar-refractivity contribution in [2.75, 3.05) is 16.8 Å². The van der Waals surface area contributed by atoms with Gasteiger partial charge in [0.1, 0.15) is 12.1 Å². The third-order valence-electron chi connectivity index (χ3n) is 1.80. The maximum Gasteiger partial charge on any atom is 0.236 e. The second-order valence-corrected chi connectivity index (χ2v) is 4.23. The lowest BCUT2D eigenvalue weighted by Gasteiger charge is -2.00. The summed E-state index contributed by atoms with van der Waals surface area (Å²) in [6, 6.07) is 1.63. The molecule has 9 heteroatoms. The van der Waals surface area contributed by atoms with E-state index in [9.17, 15) is 4.79 Å². The first kappa shape index (κ1) is 12.3. The fraction of sp³-hybridized carbons (Fsp3) is 0.222. The van der Waals surface area contributed by atoms with Crippen molar-refractivity contribution in [2.45, 2.75) is 12.1 Å². The molecule has 0 fully saturated rings. The van der Waals surface area contributed by atoms with E-state index in [2.05, 4.69) is 25.4 Å². The van der Waals surface area contributed by atoms with Gasteiger partial charge in [0.25, 0.3) is 0 Å². The molecule has 94 valence electrons. The summed E-state index contributed by atoms with van der Waals surface area (Å²) in [5.41, 5.74) is 5.39. The zero-order valence-electron chi connectivity index (χ0n) is 9.45. The highest BCUT2D eigenvalue weighted by atomic mass is 32.2. The molecule has 0 aliphatic heterocycles. The third kappa shape index (κ3) is 3.42. The van der Waals surface area contributed by atoms with E-state index < -0.39 is 0 Å². The largest absolute Gasteiger partial charge is 0.368 e. The molecule has 2 rings (SSSR count). The molecular weight excluding hydrogens is 256 g/mol. The van der Waals surface area contributed by atoms with Gasteiger partial charge in [0.2, 0.25) is 11.9 Å². The Morgan fingerprint density at radius 3 is 3.06 bits per heavy atom. The van der Waals surface area contributed by atoms with Crippen molar-refractivity contribution >= 4 is 29.4 Å². The van der Waals surface area contributed by atoms with E-state index in [1.54, 1.807) is 13.0 Å². The fourth-order valence-electron chi connectivity index (χ4n) is 1.10. The van der Waals surface area contributed by atoms with Crippen molar-refractivity contribution in [3.63, 3.8) is 0 Å². The highest BCUT2D eigenvalue weighted by Gasteiger charge is 2.08. The minimum atomic E-state index is -0.229. The maximum absolute atomic E-state index is 11.6. The quantitative estimate of drug-likeness (QED) is 0.767. The Balaban J connectivity index is 1.85. The van der Waals surface area contributed by atoms with Crippen LogP contribution in [0.4, 0.5) is 11.8 Å². The Kier molecular flexibility index (Phi) is 3.72. The van der Waals surface area contributed by atoms with Crippen LogP contribution in [0.3, 0.4) is 0 Å². The zero-order chi connectivity index (χ0) is 13.0. The first-order chi connectivity index (χ1) is 8.63. The molecule has 0 aromatic carbocycles. The molecule has 0 bridgehead atoms. The van der Waals surface area contributed by atoms with Crippen LogP contribution in [0.15, 0.2) is 22.1 Å². The number of thioether (sulfide) groups is 1.